The van der Waals surface area contributed by atoms with Gasteiger partial charge in [0, 0.05) is 18.4 Å². The van der Waals surface area contributed by atoms with Gasteiger partial charge < -0.3 is 15.4 Å². The molecule has 0 spiro atoms. The Bertz CT molecular complexity index is 896. The van der Waals surface area contributed by atoms with Crippen LogP contribution in [0.2, 0.25) is 0 Å². The van der Waals surface area contributed by atoms with Gasteiger partial charge >= 0.3 is 0 Å². The van der Waals surface area contributed by atoms with Crippen molar-refractivity contribution in [2.45, 2.75) is 6.42 Å². The first kappa shape index (κ1) is 18.4. The van der Waals surface area contributed by atoms with Crippen LogP contribution in [0.4, 0.5) is 15.9 Å². The van der Waals surface area contributed by atoms with Crippen LogP contribution in [0.25, 0.3) is 0 Å². The Kier molecular flexibility index (Phi) is 5.99. The van der Waals surface area contributed by atoms with Gasteiger partial charge in [0.05, 0.1) is 12.7 Å². The molecule has 0 fully saturated rings. The van der Waals surface area contributed by atoms with Crippen molar-refractivity contribution in [3.05, 3.63) is 83.8 Å². The fourth-order valence-electron chi connectivity index (χ4n) is 2.53. The average Bonchev–Trinajstić information content (AvgIpc) is 2.70. The van der Waals surface area contributed by atoms with Gasteiger partial charge in [-0.05, 0) is 60.5 Å². The van der Waals surface area contributed by atoms with Crippen molar-refractivity contribution in [1.82, 2.24) is 4.98 Å². The van der Waals surface area contributed by atoms with Crippen molar-refractivity contribution in [3.8, 4) is 5.75 Å². The lowest BCUT2D eigenvalue weighted by Gasteiger charge is -2.08. The lowest BCUT2D eigenvalue weighted by atomic mass is 10.1. The second kappa shape index (κ2) is 8.80. The molecule has 3 rings (SSSR count). The van der Waals surface area contributed by atoms with Crippen LogP contribution >= 0.6 is 0 Å². The molecule has 0 saturated carbocycles. The number of rotatable bonds is 7. The minimum absolute atomic E-state index is 0.294. The molecule has 2 aromatic carbocycles. The molecule has 27 heavy (non-hydrogen) atoms. The number of hydrogen-bond donors (Lipinski definition) is 2. The molecule has 0 atom stereocenters. The summed E-state index contributed by atoms with van der Waals surface area (Å²) in [6.07, 6.45) is 2.33. The fourth-order valence-corrected chi connectivity index (χ4v) is 2.53. The summed E-state index contributed by atoms with van der Waals surface area (Å²) in [5.41, 5.74) is 2.12. The first-order valence-corrected chi connectivity index (χ1v) is 8.54. The Morgan fingerprint density at radius 2 is 1.93 bits per heavy atom. The molecule has 0 saturated heterocycles. The van der Waals surface area contributed by atoms with E-state index in [9.17, 15) is 9.18 Å². The van der Waals surface area contributed by atoms with Gasteiger partial charge in [-0.1, -0.05) is 12.1 Å². The van der Waals surface area contributed by atoms with Gasteiger partial charge in [0.15, 0.2) is 0 Å². The van der Waals surface area contributed by atoms with Crippen molar-refractivity contribution in [2.24, 2.45) is 0 Å². The molecule has 0 aliphatic heterocycles. The molecular weight excluding hydrogens is 345 g/mol. The molecule has 0 aliphatic carbocycles. The molecule has 138 valence electrons. The normalized spacial score (nSPS) is 10.3. The maximum atomic E-state index is 12.9. The summed E-state index contributed by atoms with van der Waals surface area (Å²) >= 11 is 0. The Hall–Kier alpha value is -3.41. The Balaban J connectivity index is 1.52. The van der Waals surface area contributed by atoms with Crippen molar-refractivity contribution in [3.63, 3.8) is 0 Å². The SMILES string of the molecule is COc1cccc(CCNc2ccc(C(=O)Nc3ccc(F)cc3)cn2)c1. The van der Waals surface area contributed by atoms with E-state index in [1.54, 1.807) is 19.2 Å². The number of nitrogens with one attached hydrogen (secondary N) is 2. The van der Waals surface area contributed by atoms with Gasteiger partial charge in [-0.2, -0.15) is 0 Å². The first-order valence-electron chi connectivity index (χ1n) is 8.54. The zero-order valence-corrected chi connectivity index (χ0v) is 14.9. The molecule has 3 aromatic rings. The number of methoxy groups -OCH3 is 1. The standard InChI is InChI=1S/C21H20FN3O2/c1-27-19-4-2-3-15(13-19)11-12-23-20-10-5-16(14-24-20)21(26)25-18-8-6-17(22)7-9-18/h2-10,13-14H,11-12H2,1H3,(H,23,24)(H,25,26). The fraction of sp³-hybridized carbons (Fsp3) is 0.143. The zero-order valence-electron chi connectivity index (χ0n) is 14.9. The highest BCUT2D eigenvalue weighted by molar-refractivity contribution is 6.04. The van der Waals surface area contributed by atoms with E-state index < -0.39 is 0 Å². The molecule has 0 aliphatic rings. The Morgan fingerprint density at radius 3 is 2.63 bits per heavy atom. The maximum Gasteiger partial charge on any atom is 0.257 e. The van der Waals surface area contributed by atoms with Crippen LogP contribution < -0.4 is 15.4 Å². The monoisotopic (exact) mass is 365 g/mol. The van der Waals surface area contributed by atoms with E-state index in [1.807, 2.05) is 24.3 Å². The topological polar surface area (TPSA) is 63.2 Å². The summed E-state index contributed by atoms with van der Waals surface area (Å²) < 4.78 is 18.1. The number of halogens is 1. The number of aromatic nitrogens is 1. The summed E-state index contributed by atoms with van der Waals surface area (Å²) in [7, 11) is 1.65. The van der Waals surface area contributed by atoms with E-state index >= 15 is 0 Å². The van der Waals surface area contributed by atoms with E-state index in [-0.39, 0.29) is 11.7 Å². The highest BCUT2D eigenvalue weighted by Gasteiger charge is 2.07. The van der Waals surface area contributed by atoms with Crippen molar-refractivity contribution in [2.75, 3.05) is 24.3 Å². The number of carbonyl (C=O) groups is 1. The largest absolute Gasteiger partial charge is 0.497 e. The van der Waals surface area contributed by atoms with E-state index in [2.05, 4.69) is 15.6 Å². The summed E-state index contributed by atoms with van der Waals surface area (Å²) in [4.78, 5) is 16.5. The molecule has 0 unspecified atom stereocenters. The summed E-state index contributed by atoms with van der Waals surface area (Å²) in [6.45, 7) is 0.710. The smallest absolute Gasteiger partial charge is 0.257 e. The lowest BCUT2D eigenvalue weighted by Crippen LogP contribution is -2.13. The number of amides is 1. The predicted octanol–water partition coefficient (Wildman–Crippen LogP) is 4.14. The van der Waals surface area contributed by atoms with E-state index in [0.29, 0.717) is 23.6 Å². The molecule has 0 radical (unpaired) electrons. The van der Waals surface area contributed by atoms with Crippen molar-refractivity contribution in [1.29, 1.82) is 0 Å². The van der Waals surface area contributed by atoms with Crippen LogP contribution in [-0.4, -0.2) is 24.5 Å². The van der Waals surface area contributed by atoms with Gasteiger partial charge in [0.1, 0.15) is 17.4 Å². The van der Waals surface area contributed by atoms with E-state index in [4.69, 9.17) is 4.74 Å². The molecular formula is C21H20FN3O2. The molecule has 1 heterocycles. The summed E-state index contributed by atoms with van der Waals surface area (Å²) in [5, 5.41) is 5.93. The van der Waals surface area contributed by atoms with Gasteiger partial charge in [-0.3, -0.25) is 4.79 Å². The van der Waals surface area contributed by atoms with Crippen molar-refractivity contribution < 1.29 is 13.9 Å². The number of hydrogen-bond acceptors (Lipinski definition) is 4. The van der Waals surface area contributed by atoms with Crippen LogP contribution in [0.1, 0.15) is 15.9 Å². The third kappa shape index (κ3) is 5.28. The van der Waals surface area contributed by atoms with Gasteiger partial charge in [-0.25, -0.2) is 9.37 Å². The Labute approximate surface area is 157 Å². The second-order valence-corrected chi connectivity index (χ2v) is 5.92. The number of anilines is 2. The van der Waals surface area contributed by atoms with Gasteiger partial charge in [-0.15, -0.1) is 0 Å². The van der Waals surface area contributed by atoms with Gasteiger partial charge in [0.25, 0.3) is 5.91 Å². The lowest BCUT2D eigenvalue weighted by molar-refractivity contribution is 0.102. The molecule has 0 bridgehead atoms. The highest BCUT2D eigenvalue weighted by Crippen LogP contribution is 2.14. The highest BCUT2D eigenvalue weighted by atomic mass is 19.1. The average molecular weight is 365 g/mol. The minimum Gasteiger partial charge on any atom is -0.497 e. The van der Waals surface area contributed by atoms with E-state index in [0.717, 1.165) is 17.7 Å². The second-order valence-electron chi connectivity index (χ2n) is 5.92. The van der Waals surface area contributed by atoms with Crippen LogP contribution in [0.15, 0.2) is 66.9 Å². The third-order valence-electron chi connectivity index (χ3n) is 3.98. The van der Waals surface area contributed by atoms with Gasteiger partial charge in [0.2, 0.25) is 0 Å². The first-order chi connectivity index (χ1) is 13.1. The molecule has 2 N–H and O–H groups in total. The Morgan fingerprint density at radius 1 is 1.11 bits per heavy atom. The number of nitrogens with zero attached hydrogens (tertiary/aromatic N) is 1. The maximum absolute atomic E-state index is 12.9. The van der Waals surface area contributed by atoms with Crippen LogP contribution in [0.5, 0.6) is 5.75 Å². The number of benzene rings is 2. The number of carbonyl (C=O) groups excluding carboxylic acids is 1. The zero-order chi connectivity index (χ0) is 19.1. The van der Waals surface area contributed by atoms with E-state index in [1.165, 1.54) is 30.5 Å². The molecule has 5 nitrogen and oxygen atoms in total. The molecule has 6 heteroatoms. The van der Waals surface area contributed by atoms with Crippen LogP contribution in [-0.2, 0) is 6.42 Å². The minimum atomic E-state index is -0.348. The molecule has 1 aromatic heterocycles. The van der Waals surface area contributed by atoms with Crippen molar-refractivity contribution >= 4 is 17.4 Å². The predicted molar refractivity (Wildman–Crippen MR) is 104 cm³/mol. The number of ether oxygens (including phenoxy) is 1. The summed E-state index contributed by atoms with van der Waals surface area (Å²) in [6, 6.07) is 17.0. The quantitative estimate of drug-likeness (QED) is 0.661. The number of pyridine rings is 1. The summed E-state index contributed by atoms with van der Waals surface area (Å²) in [5.74, 6) is 0.884. The molecule has 1 amide bonds. The third-order valence-corrected chi connectivity index (χ3v) is 3.98. The van der Waals surface area contributed by atoms with Crippen LogP contribution in [0.3, 0.4) is 0 Å². The van der Waals surface area contributed by atoms with Crippen LogP contribution in [0, 0.1) is 5.82 Å².